The molecule has 2 aliphatic heterocycles. The Labute approximate surface area is 265 Å². The highest BCUT2D eigenvalue weighted by Crippen LogP contribution is 2.56. The van der Waals surface area contributed by atoms with E-state index in [1.165, 1.54) is 51.4 Å². The topological polar surface area (TPSA) is 91.3 Å². The lowest BCUT2D eigenvalue weighted by Crippen LogP contribution is -2.46. The second-order valence-corrected chi connectivity index (χ2v) is 16.9. The summed E-state index contributed by atoms with van der Waals surface area (Å²) in [5.74, 6) is 5.09. The van der Waals surface area contributed by atoms with E-state index in [-0.39, 0.29) is 42.4 Å². The molecular formula is C36H56O7S. The van der Waals surface area contributed by atoms with Gasteiger partial charge in [0.2, 0.25) is 0 Å². The van der Waals surface area contributed by atoms with Crippen LogP contribution in [0.2, 0.25) is 0 Å². The van der Waals surface area contributed by atoms with E-state index < -0.39 is 9.84 Å². The quantitative estimate of drug-likeness (QED) is 0.392. The lowest BCUT2D eigenvalue weighted by Gasteiger charge is -2.48. The van der Waals surface area contributed by atoms with Gasteiger partial charge in [0.15, 0.2) is 22.4 Å². The van der Waals surface area contributed by atoms with E-state index in [1.807, 2.05) is 18.2 Å². The van der Waals surface area contributed by atoms with Crippen molar-refractivity contribution in [2.45, 2.75) is 108 Å². The summed E-state index contributed by atoms with van der Waals surface area (Å²) in [7, 11) is 0.168. The number of aliphatic hydroxyl groups is 1. The lowest BCUT2D eigenvalue weighted by molar-refractivity contribution is -0.132. The molecule has 1 aromatic rings. The van der Waals surface area contributed by atoms with Crippen molar-refractivity contribution in [2.24, 2.45) is 59.2 Å². The molecule has 0 aromatic heterocycles. The van der Waals surface area contributed by atoms with Crippen LogP contribution in [0.15, 0.2) is 35.2 Å². The second-order valence-electron chi connectivity index (χ2n) is 14.9. The predicted octanol–water partition coefficient (Wildman–Crippen LogP) is 6.34. The molecule has 4 saturated carbocycles. The van der Waals surface area contributed by atoms with Crippen molar-refractivity contribution in [3.05, 3.63) is 30.3 Å². The maximum Gasteiger partial charge on any atom is 0.178 e. The Morgan fingerprint density at radius 2 is 1.20 bits per heavy atom. The lowest BCUT2D eigenvalue weighted by atomic mass is 9.57. The van der Waals surface area contributed by atoms with Crippen LogP contribution in [0.1, 0.15) is 78.1 Å². The van der Waals surface area contributed by atoms with Gasteiger partial charge in [-0.2, -0.15) is 0 Å². The monoisotopic (exact) mass is 632 g/mol. The number of fused-ring (bicyclic) bond motifs is 4. The molecule has 1 N–H and O–H groups in total. The van der Waals surface area contributed by atoms with E-state index in [1.54, 1.807) is 26.4 Å². The van der Waals surface area contributed by atoms with Gasteiger partial charge in [-0.05, 0) is 99.0 Å². The van der Waals surface area contributed by atoms with Crippen LogP contribution in [0.3, 0.4) is 0 Å². The molecule has 44 heavy (non-hydrogen) atoms. The summed E-state index contributed by atoms with van der Waals surface area (Å²) >= 11 is 0. The van der Waals surface area contributed by atoms with E-state index in [0.29, 0.717) is 47.0 Å². The van der Waals surface area contributed by atoms with E-state index in [0.717, 1.165) is 24.7 Å². The van der Waals surface area contributed by atoms with Crippen molar-refractivity contribution >= 4 is 9.84 Å². The molecule has 4 aliphatic carbocycles. The largest absolute Gasteiger partial charge is 0.396 e. The van der Waals surface area contributed by atoms with Crippen molar-refractivity contribution in [3.8, 4) is 0 Å². The molecule has 6 aliphatic rings. The molecule has 14 atom stereocenters. The summed E-state index contributed by atoms with van der Waals surface area (Å²) in [6, 6.07) is 8.93. The number of sulfone groups is 1. The van der Waals surface area contributed by atoms with Crippen LogP contribution in [0.5, 0.6) is 0 Å². The van der Waals surface area contributed by atoms with E-state index in [9.17, 15) is 13.5 Å². The smallest absolute Gasteiger partial charge is 0.178 e. The highest BCUT2D eigenvalue weighted by molar-refractivity contribution is 7.91. The average molecular weight is 633 g/mol. The maximum atomic E-state index is 13.1. The number of methoxy groups -OCH3 is 2. The molecule has 0 bridgehead atoms. The van der Waals surface area contributed by atoms with Crippen LogP contribution in [0, 0.1) is 59.2 Å². The van der Waals surface area contributed by atoms with Gasteiger partial charge in [-0.1, -0.05) is 56.7 Å². The molecule has 0 spiro atoms. The highest BCUT2D eigenvalue weighted by Gasteiger charge is 2.56. The molecule has 2 heterocycles. The van der Waals surface area contributed by atoms with Gasteiger partial charge in [0.05, 0.1) is 22.9 Å². The van der Waals surface area contributed by atoms with Crippen molar-refractivity contribution in [3.63, 3.8) is 0 Å². The number of hydrogen-bond acceptors (Lipinski definition) is 7. The molecule has 7 nitrogen and oxygen atoms in total. The fourth-order valence-corrected chi connectivity index (χ4v) is 12.9. The van der Waals surface area contributed by atoms with E-state index in [4.69, 9.17) is 18.9 Å². The number of benzene rings is 1. The Kier molecular flexibility index (Phi) is 10.5. The molecule has 2 saturated heterocycles. The van der Waals surface area contributed by atoms with Crippen molar-refractivity contribution in [1.82, 2.24) is 0 Å². The zero-order chi connectivity index (χ0) is 31.0. The summed E-state index contributed by atoms with van der Waals surface area (Å²) in [4.78, 5) is 0.448. The summed E-state index contributed by atoms with van der Waals surface area (Å²) in [5.41, 5.74) is 0. The molecule has 7 rings (SSSR count). The van der Waals surface area contributed by atoms with Gasteiger partial charge in [-0.15, -0.1) is 0 Å². The molecule has 0 amide bonds. The van der Waals surface area contributed by atoms with Gasteiger partial charge in [0, 0.05) is 32.7 Å². The third-order valence-corrected chi connectivity index (χ3v) is 14.6. The zero-order valence-corrected chi connectivity index (χ0v) is 28.1. The molecular weight excluding hydrogens is 576 g/mol. The van der Waals surface area contributed by atoms with Gasteiger partial charge in [-0.3, -0.25) is 0 Å². The predicted molar refractivity (Wildman–Crippen MR) is 169 cm³/mol. The van der Waals surface area contributed by atoms with Gasteiger partial charge >= 0.3 is 0 Å². The van der Waals surface area contributed by atoms with Crippen LogP contribution in [-0.4, -0.2) is 64.9 Å². The van der Waals surface area contributed by atoms with Crippen molar-refractivity contribution in [2.75, 3.05) is 26.6 Å². The van der Waals surface area contributed by atoms with Crippen molar-refractivity contribution in [1.29, 1.82) is 0 Å². The Morgan fingerprint density at radius 1 is 0.727 bits per heavy atom. The standard InChI is InChI=1S/C21H30O4S.C15H26O3/c1-14-20-18(21(24-2)25-14)12-15-8-6-7-11-17(15)19(20)13-26(22,23)16-9-4-3-5-10-16;1-9-14-12(15(17-2)18-9)7-10-5-3-4-6-11(10)13(14)8-16/h3-5,9-10,14-15,17-21H,6-8,11-13H2,1-2H3;9-16H,3-8H2,1-2H3/t14?,15?,17?,18?,19-,20?,21?;9?,10?,11?,12?,13-,14?,15?/m00/s1. The van der Waals surface area contributed by atoms with Crippen LogP contribution in [-0.2, 0) is 28.8 Å². The van der Waals surface area contributed by atoms with Gasteiger partial charge < -0.3 is 24.1 Å². The fourth-order valence-electron chi connectivity index (χ4n) is 11.1. The number of ether oxygens (including phenoxy) is 4. The van der Waals surface area contributed by atoms with Crippen LogP contribution < -0.4 is 0 Å². The Balaban J connectivity index is 0.000000167. The Hall–Kier alpha value is -1.03. The number of aliphatic hydroxyl groups excluding tert-OH is 1. The SMILES string of the molecule is COC1OC(C)C2C1CC1CCCCC1[C@@H]2CO.COC1OC(C)C2C1CC1CCCCC1[C@@H]2CS(=O)(=O)c1ccccc1. The minimum absolute atomic E-state index is 0.0399. The molecule has 1 aromatic carbocycles. The highest BCUT2D eigenvalue weighted by atomic mass is 32.2. The summed E-state index contributed by atoms with van der Waals surface area (Å²) < 4.78 is 49.5. The Morgan fingerprint density at radius 3 is 1.70 bits per heavy atom. The van der Waals surface area contributed by atoms with Crippen LogP contribution in [0.25, 0.3) is 0 Å². The molecule has 6 fully saturated rings. The van der Waals surface area contributed by atoms with Crippen LogP contribution in [0.4, 0.5) is 0 Å². The first-order valence-corrected chi connectivity index (χ1v) is 19.2. The maximum absolute atomic E-state index is 13.1. The number of rotatable bonds is 6. The zero-order valence-electron chi connectivity index (χ0n) is 27.3. The third-order valence-electron chi connectivity index (χ3n) is 12.8. The first-order valence-electron chi connectivity index (χ1n) is 17.5. The van der Waals surface area contributed by atoms with E-state index >= 15 is 0 Å². The minimum atomic E-state index is -3.29. The summed E-state index contributed by atoms with van der Waals surface area (Å²) in [6.07, 6.45) is 12.7. The van der Waals surface area contributed by atoms with Crippen molar-refractivity contribution < 1.29 is 32.5 Å². The number of hydrogen-bond donors (Lipinski definition) is 1. The second kappa shape index (κ2) is 14.0. The third kappa shape index (κ3) is 6.29. The van der Waals surface area contributed by atoms with E-state index in [2.05, 4.69) is 13.8 Å². The normalized spacial score (nSPS) is 44.8. The van der Waals surface area contributed by atoms with Gasteiger partial charge in [0.1, 0.15) is 0 Å². The molecule has 12 unspecified atom stereocenters. The summed E-state index contributed by atoms with van der Waals surface area (Å²) in [5, 5.41) is 9.86. The minimum Gasteiger partial charge on any atom is -0.396 e. The summed E-state index contributed by atoms with van der Waals surface area (Å²) in [6.45, 7) is 4.58. The molecule has 8 heteroatoms. The first kappa shape index (κ1) is 32.9. The Bertz CT molecular complexity index is 1180. The van der Waals surface area contributed by atoms with Crippen LogP contribution >= 0.6 is 0 Å². The van der Waals surface area contributed by atoms with Gasteiger partial charge in [0.25, 0.3) is 0 Å². The van der Waals surface area contributed by atoms with Gasteiger partial charge in [-0.25, -0.2) is 8.42 Å². The fraction of sp³-hybridized carbons (Fsp3) is 0.833. The first-order chi connectivity index (χ1) is 21.3. The average Bonchev–Trinajstić information content (AvgIpc) is 3.55. The molecule has 0 radical (unpaired) electrons. The molecule has 248 valence electrons.